The number of aliphatic hydroxyl groups excluding tert-OH is 2. The van der Waals surface area contributed by atoms with Gasteiger partial charge in [-0.15, -0.1) is 22.7 Å². The molecule has 2 unspecified atom stereocenters. The first-order valence-corrected chi connectivity index (χ1v) is 27.4. The molecule has 7 heterocycles. The van der Waals surface area contributed by atoms with Crippen LogP contribution in [0.5, 0.6) is 0 Å². The topological polar surface area (TPSA) is 471 Å². The minimum Gasteiger partial charge on any atom is -0.441 e. The minimum atomic E-state index is -1.78. The number of nitrogens with one attached hydrogen (secondary N) is 9. The Morgan fingerprint density at radius 3 is 1.80 bits per heavy atom. The van der Waals surface area contributed by atoms with Crippen LogP contribution in [0.15, 0.2) is 104 Å². The van der Waals surface area contributed by atoms with Gasteiger partial charge in [0.2, 0.25) is 23.6 Å². The Morgan fingerprint density at radius 1 is 0.652 bits per heavy atom. The van der Waals surface area contributed by atoms with E-state index in [1.54, 1.807) is 6.92 Å². The number of carbonyl (C=O) groups excluding carboxylic acids is 10. The Labute approximate surface area is 510 Å². The quantitative estimate of drug-likeness (QED) is 0.0863. The molecular weight excluding hydrogens is 1200 g/mol. The maximum atomic E-state index is 14.1. The summed E-state index contributed by atoms with van der Waals surface area (Å²) in [6.07, 6.45) is -1.65. The van der Waals surface area contributed by atoms with Crippen molar-refractivity contribution in [1.29, 1.82) is 0 Å². The molecule has 13 N–H and O–H groups in total. The van der Waals surface area contributed by atoms with Crippen LogP contribution in [0, 0.1) is 20.8 Å². The van der Waals surface area contributed by atoms with E-state index in [1.165, 1.54) is 64.6 Å². The fourth-order valence-corrected chi connectivity index (χ4v) is 9.11. The fourth-order valence-electron chi connectivity index (χ4n) is 7.55. The first kappa shape index (κ1) is 65.3. The van der Waals surface area contributed by atoms with Crippen molar-refractivity contribution in [3.63, 3.8) is 0 Å². The molecule has 0 saturated heterocycles. The summed E-state index contributed by atoms with van der Waals surface area (Å²) in [5.41, 5.74) is 0.617. The Balaban J connectivity index is 1.25. The van der Waals surface area contributed by atoms with Crippen molar-refractivity contribution in [2.45, 2.75) is 66.0 Å². The van der Waals surface area contributed by atoms with Crippen molar-refractivity contribution in [2.75, 3.05) is 7.11 Å². The van der Waals surface area contributed by atoms with Crippen LogP contribution >= 0.6 is 22.7 Å². The van der Waals surface area contributed by atoms with E-state index in [0.29, 0.717) is 0 Å². The summed E-state index contributed by atoms with van der Waals surface area (Å²) >= 11 is 1.84. The molecule has 6 aromatic rings. The van der Waals surface area contributed by atoms with Crippen molar-refractivity contribution >= 4 is 98.8 Å². The number of hydrogen-bond donors (Lipinski definition) is 12. The van der Waals surface area contributed by atoms with Crippen LogP contribution in [-0.2, 0) is 28.7 Å². The van der Waals surface area contributed by atoms with E-state index in [2.05, 4.69) is 105 Å². The molecule has 0 aromatic carbocycles. The Hall–Kier alpha value is -11.2. The van der Waals surface area contributed by atoms with Gasteiger partial charge in [-0.3, -0.25) is 47.9 Å². The molecule has 89 heavy (non-hydrogen) atoms. The van der Waals surface area contributed by atoms with Crippen LogP contribution in [0.1, 0.15) is 119 Å². The second-order valence-corrected chi connectivity index (χ2v) is 20.5. The number of amides is 10. The molecule has 0 saturated carbocycles. The van der Waals surface area contributed by atoms with E-state index < -0.39 is 124 Å². The number of fused-ring (bicyclic) bond motifs is 13. The normalized spacial score (nSPS) is 17.0. The molecule has 1 aliphatic heterocycles. The van der Waals surface area contributed by atoms with Gasteiger partial charge in [0.05, 0.1) is 46.3 Å². The number of carbonyl (C=O) groups is 10. The maximum absolute atomic E-state index is 14.1. The van der Waals surface area contributed by atoms with E-state index in [9.17, 15) is 58.2 Å². The second kappa shape index (κ2) is 27.4. The van der Waals surface area contributed by atoms with Gasteiger partial charge < -0.3 is 81.8 Å². The number of nitrogens with zero attached hydrogens (tertiary/aromatic N) is 6. The number of oxazole rings is 3. The summed E-state index contributed by atoms with van der Waals surface area (Å²) in [6.45, 7) is 26.0. The first-order chi connectivity index (χ1) is 42.0. The number of ether oxygens (including phenoxy) is 1. The van der Waals surface area contributed by atoms with Crippen LogP contribution in [0.25, 0.3) is 39.9 Å². The van der Waals surface area contributed by atoms with Gasteiger partial charge in [-0.2, -0.15) is 0 Å². The Morgan fingerprint density at radius 2 is 1.20 bits per heavy atom. The highest BCUT2D eigenvalue weighted by Gasteiger charge is 2.33. The molecule has 4 atom stereocenters. The van der Waals surface area contributed by atoms with Crippen LogP contribution in [-0.4, -0.2) is 125 Å². The monoisotopic (exact) mass is 1260 g/mol. The number of methoxy groups -OCH3 is 1. The zero-order valence-corrected chi connectivity index (χ0v) is 49.6. The molecule has 0 spiro atoms. The van der Waals surface area contributed by atoms with E-state index >= 15 is 0 Å². The van der Waals surface area contributed by atoms with Gasteiger partial charge >= 0.3 is 0 Å². The highest BCUT2D eigenvalue weighted by molar-refractivity contribution is 7.11. The number of rotatable bonds is 10. The average Bonchev–Trinajstić information content (AvgIpc) is 2.01. The van der Waals surface area contributed by atoms with Crippen LogP contribution in [0.4, 0.5) is 0 Å². The average molecular weight is 1260 g/mol. The van der Waals surface area contributed by atoms with E-state index in [1.807, 2.05) is 5.32 Å². The molecule has 7 rings (SSSR count). The number of allylic oxidation sites excluding steroid dienone is 1. The number of pyridine rings is 1. The second-order valence-electron chi connectivity index (χ2n) is 18.7. The molecule has 10 bridgehead atoms. The summed E-state index contributed by atoms with van der Waals surface area (Å²) in [7, 11) is 1.25. The lowest BCUT2D eigenvalue weighted by atomic mass is 10.1. The third-order valence-corrected chi connectivity index (χ3v) is 13.8. The van der Waals surface area contributed by atoms with Crippen molar-refractivity contribution in [2.24, 2.45) is 5.73 Å². The standard InChI is InChI=1S/C55H54N16O16S2/c1-13-30-51-69-36(27(10)86-51)47(81)60-23(6)43(77)61-24(7)54-65-33(17-88-54)39-29(14-15-31(62-39)44(78)59-22(5)42(76)58-21(4)41(75)57-20(3)40(56)74)50-68-37(26(9)85-50)48(82)67-35(25(8)73)46(80)64-32(16-19(2)72)52-70-38(28(11)87-52)49(83)71-53(84-12)55-66-34(18-89-55)45(79)63-30/h13-19,25,35,53,72-73H,3-7H2,1-2,8-12H3,(H2,56,74)(H,57,75)(H,58,76)(H,59,78)(H,60,81)(H,61,77)(H,63,79)(H,64,80)(H,67,82)(H,71,83)/t19?,25-,35+,53?/m1/s1. The number of thiazole rings is 2. The minimum absolute atomic E-state index is 0.00263. The van der Waals surface area contributed by atoms with Crippen molar-refractivity contribution in [3.8, 4) is 22.8 Å². The highest BCUT2D eigenvalue weighted by atomic mass is 32.1. The summed E-state index contributed by atoms with van der Waals surface area (Å²) in [5, 5.41) is 45.6. The van der Waals surface area contributed by atoms with Gasteiger partial charge in [0.15, 0.2) is 23.3 Å². The first-order valence-electron chi connectivity index (χ1n) is 25.7. The third-order valence-electron chi connectivity index (χ3n) is 12.0. The maximum Gasteiger partial charge on any atom is 0.278 e. The number of hydrogen-bond acceptors (Lipinski definition) is 24. The van der Waals surface area contributed by atoms with Gasteiger partial charge in [0.25, 0.3) is 53.2 Å². The van der Waals surface area contributed by atoms with Gasteiger partial charge in [-0.05, 0) is 59.8 Å². The lowest BCUT2D eigenvalue weighted by Gasteiger charge is -2.21. The molecule has 462 valence electrons. The lowest BCUT2D eigenvalue weighted by Crippen LogP contribution is -2.52. The van der Waals surface area contributed by atoms with Gasteiger partial charge in [-0.25, -0.2) is 29.9 Å². The molecule has 0 aliphatic carbocycles. The predicted octanol–water partition coefficient (Wildman–Crippen LogP) is 1.43. The van der Waals surface area contributed by atoms with E-state index in [0.717, 1.165) is 34.8 Å². The van der Waals surface area contributed by atoms with Gasteiger partial charge in [0.1, 0.15) is 67.5 Å². The Kier molecular flexibility index (Phi) is 20.2. The lowest BCUT2D eigenvalue weighted by molar-refractivity contribution is -0.124. The largest absolute Gasteiger partial charge is 0.441 e. The molecule has 32 nitrogen and oxygen atoms in total. The molecular formula is C55H54N16O16S2. The zero-order valence-electron chi connectivity index (χ0n) is 48.0. The number of aromatic nitrogens is 6. The van der Waals surface area contributed by atoms with Gasteiger partial charge in [-0.1, -0.05) is 39.0 Å². The van der Waals surface area contributed by atoms with Crippen LogP contribution < -0.4 is 53.6 Å². The van der Waals surface area contributed by atoms with Crippen molar-refractivity contribution in [3.05, 3.63) is 158 Å². The molecule has 0 fully saturated rings. The summed E-state index contributed by atoms with van der Waals surface area (Å²) in [6, 6.07) is 0.666. The SMILES string of the molecule is C=C(NC(=O)C(=C)NC(=O)C(=C)NC(=O)c1ccc2c(n1)-c1csc(n1)C(=C)NC(=O)C(=C)NC(=O)c1nc(oc1C)C(=CC)NC(=O)c1csc(n1)C(OC)NC(=O)c1nc(oc1C)C(=CC(C)O)NC(=O)[C@H]([C@@H](C)O)NC(=O)c1nc-2oc1C)C(N)=O. The molecule has 34 heteroatoms. The zero-order chi connectivity index (χ0) is 65.5. The fraction of sp³-hybridized carbons (Fsp3) is 0.200. The molecule has 0 radical (unpaired) electrons. The van der Waals surface area contributed by atoms with Crippen LogP contribution in [0.2, 0.25) is 0 Å². The summed E-state index contributed by atoms with van der Waals surface area (Å²) < 4.78 is 23.0. The van der Waals surface area contributed by atoms with E-state index in [4.69, 9.17) is 23.7 Å². The van der Waals surface area contributed by atoms with Crippen LogP contribution in [0.3, 0.4) is 0 Å². The third kappa shape index (κ3) is 15.3. The molecule has 1 aliphatic rings. The van der Waals surface area contributed by atoms with E-state index in [-0.39, 0.29) is 90.2 Å². The molecule has 10 amide bonds. The smallest absolute Gasteiger partial charge is 0.278 e. The summed E-state index contributed by atoms with van der Waals surface area (Å²) in [4.78, 5) is 159. The van der Waals surface area contributed by atoms with Gasteiger partial charge in [0, 0.05) is 17.9 Å². The Bertz CT molecular complexity index is 4080. The predicted molar refractivity (Wildman–Crippen MR) is 313 cm³/mol. The molecule has 6 aromatic heterocycles. The highest BCUT2D eigenvalue weighted by Crippen LogP contribution is 2.34. The number of aryl methyl sites for hydroxylation is 3. The number of aliphatic hydroxyl groups is 2. The summed E-state index contributed by atoms with van der Waals surface area (Å²) in [5.74, 6) is -11.2. The number of nitrogens with two attached hydrogens (primary N) is 1. The van der Waals surface area contributed by atoms with Crippen molar-refractivity contribution in [1.82, 2.24) is 77.8 Å². The van der Waals surface area contributed by atoms with Crippen molar-refractivity contribution < 1.29 is 76.1 Å². The number of primary amides is 1.